The SMILES string of the molecule is COc1ccc(C(=O)NCCN2CCNCC2)cc1OC(F)F. The predicted molar refractivity (Wildman–Crippen MR) is 81.3 cm³/mol. The number of amides is 1. The van der Waals surface area contributed by atoms with Gasteiger partial charge in [-0.1, -0.05) is 0 Å². The molecule has 0 bridgehead atoms. The molecule has 1 saturated heterocycles. The third-order valence-corrected chi connectivity index (χ3v) is 3.57. The minimum Gasteiger partial charge on any atom is -0.493 e. The first kappa shape index (κ1) is 17.4. The molecule has 1 fully saturated rings. The average molecular weight is 329 g/mol. The fourth-order valence-corrected chi connectivity index (χ4v) is 2.37. The zero-order valence-electron chi connectivity index (χ0n) is 13.0. The van der Waals surface area contributed by atoms with E-state index >= 15 is 0 Å². The number of methoxy groups -OCH3 is 1. The summed E-state index contributed by atoms with van der Waals surface area (Å²) < 4.78 is 34.1. The summed E-state index contributed by atoms with van der Waals surface area (Å²) in [6, 6.07) is 4.20. The molecule has 0 spiro atoms. The zero-order valence-corrected chi connectivity index (χ0v) is 13.0. The highest BCUT2D eigenvalue weighted by Gasteiger charge is 2.15. The molecule has 0 saturated carbocycles. The molecule has 0 aromatic heterocycles. The number of carbonyl (C=O) groups is 1. The van der Waals surface area contributed by atoms with E-state index in [4.69, 9.17) is 4.74 Å². The molecule has 1 aromatic carbocycles. The number of alkyl halides is 2. The molecule has 1 aliphatic rings. The Hall–Kier alpha value is -1.93. The van der Waals surface area contributed by atoms with Gasteiger partial charge >= 0.3 is 6.61 Å². The second-order valence-electron chi connectivity index (χ2n) is 5.09. The van der Waals surface area contributed by atoms with E-state index in [0.717, 1.165) is 32.7 Å². The Bertz CT molecular complexity index is 523. The summed E-state index contributed by atoms with van der Waals surface area (Å²) in [5.41, 5.74) is 0.252. The number of hydrogen-bond acceptors (Lipinski definition) is 5. The Labute approximate surface area is 133 Å². The van der Waals surface area contributed by atoms with Crippen LogP contribution in [0.15, 0.2) is 18.2 Å². The van der Waals surface area contributed by atoms with E-state index in [1.165, 1.54) is 25.3 Å². The van der Waals surface area contributed by atoms with Crippen molar-refractivity contribution >= 4 is 5.91 Å². The summed E-state index contributed by atoms with van der Waals surface area (Å²) >= 11 is 0. The summed E-state index contributed by atoms with van der Waals surface area (Å²) in [4.78, 5) is 14.3. The molecule has 2 rings (SSSR count). The lowest BCUT2D eigenvalue weighted by atomic mass is 10.2. The van der Waals surface area contributed by atoms with Crippen LogP contribution in [0.2, 0.25) is 0 Å². The van der Waals surface area contributed by atoms with Crippen molar-refractivity contribution in [2.24, 2.45) is 0 Å². The number of hydrogen-bond donors (Lipinski definition) is 2. The molecule has 1 heterocycles. The molecule has 1 aromatic rings. The van der Waals surface area contributed by atoms with E-state index in [1.807, 2.05) is 0 Å². The summed E-state index contributed by atoms with van der Waals surface area (Å²) in [6.45, 7) is 2.06. The maximum atomic E-state index is 12.4. The molecule has 8 heteroatoms. The van der Waals surface area contributed by atoms with Gasteiger partial charge in [0, 0.05) is 44.8 Å². The van der Waals surface area contributed by atoms with Gasteiger partial charge in [-0.3, -0.25) is 9.69 Å². The highest BCUT2D eigenvalue weighted by molar-refractivity contribution is 5.94. The van der Waals surface area contributed by atoms with Gasteiger partial charge in [0.2, 0.25) is 0 Å². The lowest BCUT2D eigenvalue weighted by molar-refractivity contribution is -0.0512. The normalized spacial score (nSPS) is 15.5. The summed E-state index contributed by atoms with van der Waals surface area (Å²) in [6.07, 6.45) is 0. The largest absolute Gasteiger partial charge is 0.493 e. The van der Waals surface area contributed by atoms with Gasteiger partial charge < -0.3 is 20.1 Å². The number of rotatable bonds is 7. The highest BCUT2D eigenvalue weighted by Crippen LogP contribution is 2.29. The van der Waals surface area contributed by atoms with E-state index in [9.17, 15) is 13.6 Å². The Kier molecular flexibility index (Phi) is 6.54. The van der Waals surface area contributed by atoms with Crippen molar-refractivity contribution in [3.63, 3.8) is 0 Å². The van der Waals surface area contributed by atoms with Gasteiger partial charge in [-0.25, -0.2) is 0 Å². The number of nitrogens with zero attached hydrogens (tertiary/aromatic N) is 1. The molecule has 23 heavy (non-hydrogen) atoms. The quantitative estimate of drug-likeness (QED) is 0.779. The van der Waals surface area contributed by atoms with Crippen molar-refractivity contribution in [1.82, 2.24) is 15.5 Å². The summed E-state index contributed by atoms with van der Waals surface area (Å²) in [7, 11) is 1.35. The fourth-order valence-electron chi connectivity index (χ4n) is 2.37. The Morgan fingerprint density at radius 2 is 2.09 bits per heavy atom. The maximum Gasteiger partial charge on any atom is 0.387 e. The Morgan fingerprint density at radius 1 is 1.35 bits per heavy atom. The van der Waals surface area contributed by atoms with Gasteiger partial charge in [0.15, 0.2) is 11.5 Å². The summed E-state index contributed by atoms with van der Waals surface area (Å²) in [5.74, 6) is -0.332. The molecular weight excluding hydrogens is 308 g/mol. The molecule has 2 N–H and O–H groups in total. The molecular formula is C15H21F2N3O3. The first-order chi connectivity index (χ1) is 11.1. The first-order valence-electron chi connectivity index (χ1n) is 7.44. The third-order valence-electron chi connectivity index (χ3n) is 3.57. The van der Waals surface area contributed by atoms with Crippen molar-refractivity contribution in [3.8, 4) is 11.5 Å². The van der Waals surface area contributed by atoms with Crippen LogP contribution in [-0.2, 0) is 0 Å². The molecule has 0 atom stereocenters. The van der Waals surface area contributed by atoms with Crippen molar-refractivity contribution in [2.45, 2.75) is 6.61 Å². The predicted octanol–water partition coefficient (Wildman–Crippen LogP) is 0.932. The Balaban J connectivity index is 1.90. The number of benzene rings is 1. The maximum absolute atomic E-state index is 12.4. The van der Waals surface area contributed by atoms with Crippen LogP contribution in [0, 0.1) is 0 Å². The fraction of sp³-hybridized carbons (Fsp3) is 0.533. The summed E-state index contributed by atoms with van der Waals surface area (Å²) in [5, 5.41) is 6.04. The number of piperazine rings is 1. The minimum absolute atomic E-state index is 0.155. The molecule has 1 amide bonds. The van der Waals surface area contributed by atoms with E-state index in [-0.39, 0.29) is 23.0 Å². The van der Waals surface area contributed by atoms with Crippen LogP contribution in [0.1, 0.15) is 10.4 Å². The van der Waals surface area contributed by atoms with E-state index < -0.39 is 6.61 Å². The highest BCUT2D eigenvalue weighted by atomic mass is 19.3. The Morgan fingerprint density at radius 3 is 2.74 bits per heavy atom. The van der Waals surface area contributed by atoms with E-state index in [2.05, 4.69) is 20.3 Å². The van der Waals surface area contributed by atoms with Gasteiger partial charge in [0.05, 0.1) is 7.11 Å². The van der Waals surface area contributed by atoms with E-state index in [0.29, 0.717) is 6.54 Å². The van der Waals surface area contributed by atoms with E-state index in [1.54, 1.807) is 0 Å². The molecule has 1 aliphatic heterocycles. The number of carbonyl (C=O) groups excluding carboxylic acids is 1. The molecule has 6 nitrogen and oxygen atoms in total. The number of halogens is 2. The minimum atomic E-state index is -2.98. The van der Waals surface area contributed by atoms with Gasteiger partial charge in [-0.15, -0.1) is 0 Å². The number of ether oxygens (including phenoxy) is 2. The van der Waals surface area contributed by atoms with Crippen molar-refractivity contribution in [2.75, 3.05) is 46.4 Å². The van der Waals surface area contributed by atoms with Crippen LogP contribution in [0.4, 0.5) is 8.78 Å². The second kappa shape index (κ2) is 8.64. The monoisotopic (exact) mass is 329 g/mol. The van der Waals surface area contributed by atoms with Crippen molar-refractivity contribution in [3.05, 3.63) is 23.8 Å². The standard InChI is InChI=1S/C15H21F2N3O3/c1-22-12-3-2-11(10-13(12)23-15(16)17)14(21)19-6-9-20-7-4-18-5-8-20/h2-3,10,15,18H,4-9H2,1H3,(H,19,21). The lowest BCUT2D eigenvalue weighted by Gasteiger charge is -2.27. The molecule has 0 aliphatic carbocycles. The average Bonchev–Trinajstić information content (AvgIpc) is 2.55. The van der Waals surface area contributed by atoms with Crippen LogP contribution in [0.25, 0.3) is 0 Å². The van der Waals surface area contributed by atoms with Crippen LogP contribution >= 0.6 is 0 Å². The van der Waals surface area contributed by atoms with Gasteiger partial charge in [0.25, 0.3) is 5.91 Å². The lowest BCUT2D eigenvalue weighted by Crippen LogP contribution is -2.46. The molecule has 128 valence electrons. The zero-order chi connectivity index (χ0) is 16.7. The van der Waals surface area contributed by atoms with Crippen molar-refractivity contribution in [1.29, 1.82) is 0 Å². The number of nitrogens with one attached hydrogen (secondary N) is 2. The van der Waals surface area contributed by atoms with Crippen molar-refractivity contribution < 1.29 is 23.0 Å². The van der Waals surface area contributed by atoms with Gasteiger partial charge in [-0.05, 0) is 18.2 Å². The molecule has 0 unspecified atom stereocenters. The topological polar surface area (TPSA) is 62.8 Å². The molecule has 0 radical (unpaired) electrons. The smallest absolute Gasteiger partial charge is 0.387 e. The first-order valence-corrected chi connectivity index (χ1v) is 7.44. The van der Waals surface area contributed by atoms with Crippen LogP contribution in [0.5, 0.6) is 11.5 Å². The van der Waals surface area contributed by atoms with Gasteiger partial charge in [-0.2, -0.15) is 8.78 Å². The van der Waals surface area contributed by atoms with Gasteiger partial charge in [0.1, 0.15) is 0 Å². The van der Waals surface area contributed by atoms with Crippen LogP contribution in [0.3, 0.4) is 0 Å². The van der Waals surface area contributed by atoms with Crippen LogP contribution in [-0.4, -0.2) is 63.8 Å². The second-order valence-corrected chi connectivity index (χ2v) is 5.09. The third kappa shape index (κ3) is 5.33. The van der Waals surface area contributed by atoms with Crippen LogP contribution < -0.4 is 20.1 Å².